The fourth-order valence-electron chi connectivity index (χ4n) is 1.94. The molecule has 1 heterocycles. The van der Waals surface area contributed by atoms with Gasteiger partial charge in [-0.3, -0.25) is 0 Å². The van der Waals surface area contributed by atoms with E-state index in [2.05, 4.69) is 46.4 Å². The highest BCUT2D eigenvalue weighted by Gasteiger charge is 2.13. The maximum Gasteiger partial charge on any atom is 0.263 e. The van der Waals surface area contributed by atoms with Crippen molar-refractivity contribution in [3.63, 3.8) is 0 Å². The van der Waals surface area contributed by atoms with Gasteiger partial charge in [0.05, 0.1) is 9.26 Å². The Kier molecular flexibility index (Phi) is 5.08. The van der Waals surface area contributed by atoms with Crippen LogP contribution in [0.3, 0.4) is 0 Å². The zero-order chi connectivity index (χ0) is 15.6. The molecule has 0 bridgehead atoms. The maximum absolute atomic E-state index is 12.6. The number of nitrogens with two attached hydrogens (primary N) is 1. The highest BCUT2D eigenvalue weighted by molar-refractivity contribution is 14.1. The van der Waals surface area contributed by atoms with E-state index in [1.807, 2.05) is 0 Å². The fraction of sp³-hybridized carbons (Fsp3) is 0.333. The highest BCUT2D eigenvalue weighted by atomic mass is 127. The van der Waals surface area contributed by atoms with Gasteiger partial charge in [-0.2, -0.15) is 0 Å². The molecule has 0 aliphatic carbocycles. The Hall–Kier alpha value is -1.31. The second-order valence-corrected chi connectivity index (χ2v) is 6.29. The van der Waals surface area contributed by atoms with Crippen molar-refractivity contribution in [2.24, 2.45) is 5.92 Å². The Morgan fingerprint density at radius 1 is 1.14 bits per heavy atom. The van der Waals surface area contributed by atoms with Gasteiger partial charge in [0.1, 0.15) is 5.82 Å². The van der Waals surface area contributed by atoms with Crippen LogP contribution in [0.5, 0.6) is 0 Å². The molecule has 6 heteroatoms. The third-order valence-electron chi connectivity index (χ3n) is 2.97. The van der Waals surface area contributed by atoms with Gasteiger partial charge in [0, 0.05) is 11.1 Å². The second kappa shape index (κ2) is 6.64. The first-order valence-electron chi connectivity index (χ1n) is 6.59. The van der Waals surface area contributed by atoms with Gasteiger partial charge in [-0.15, -0.1) is 0 Å². The van der Waals surface area contributed by atoms with E-state index < -0.39 is 6.43 Å². The van der Waals surface area contributed by atoms with Gasteiger partial charge in [0.2, 0.25) is 0 Å². The molecule has 0 amide bonds. The van der Waals surface area contributed by atoms with Crippen LogP contribution in [0.25, 0.3) is 11.4 Å². The lowest BCUT2D eigenvalue weighted by Crippen LogP contribution is -2.07. The Bertz CT molecular complexity index is 628. The smallest absolute Gasteiger partial charge is 0.263 e. The lowest BCUT2D eigenvalue weighted by atomic mass is 10.1. The quantitative estimate of drug-likeness (QED) is 0.767. The summed E-state index contributed by atoms with van der Waals surface area (Å²) < 4.78 is 26.0. The fourth-order valence-corrected chi connectivity index (χ4v) is 2.40. The van der Waals surface area contributed by atoms with Gasteiger partial charge >= 0.3 is 0 Å². The first-order chi connectivity index (χ1) is 9.88. The minimum absolute atomic E-state index is 0.0142. The zero-order valence-corrected chi connectivity index (χ0v) is 13.9. The van der Waals surface area contributed by atoms with Crippen molar-refractivity contribution in [2.75, 3.05) is 5.73 Å². The van der Waals surface area contributed by atoms with E-state index in [1.165, 1.54) is 12.1 Å². The molecule has 0 saturated heterocycles. The van der Waals surface area contributed by atoms with Gasteiger partial charge in [-0.05, 0) is 34.9 Å². The zero-order valence-electron chi connectivity index (χ0n) is 11.8. The van der Waals surface area contributed by atoms with E-state index in [1.54, 1.807) is 12.1 Å². The Morgan fingerprint density at radius 3 is 2.29 bits per heavy atom. The summed E-state index contributed by atoms with van der Waals surface area (Å²) in [5.41, 5.74) is 7.50. The van der Waals surface area contributed by atoms with Crippen LogP contribution in [0, 0.1) is 9.49 Å². The molecular formula is C15H16F2IN3. The number of benzene rings is 1. The van der Waals surface area contributed by atoms with Crippen LogP contribution in [-0.2, 0) is 6.42 Å². The summed E-state index contributed by atoms with van der Waals surface area (Å²) in [6.45, 7) is 4.21. The number of hydrogen-bond acceptors (Lipinski definition) is 3. The second-order valence-electron chi connectivity index (χ2n) is 5.21. The summed E-state index contributed by atoms with van der Waals surface area (Å²) in [6.07, 6.45) is -1.68. The molecule has 1 aromatic carbocycles. The maximum atomic E-state index is 12.6. The van der Waals surface area contributed by atoms with Crippen molar-refractivity contribution in [1.29, 1.82) is 0 Å². The normalized spacial score (nSPS) is 11.4. The number of alkyl halides is 2. The third kappa shape index (κ3) is 3.87. The minimum Gasteiger partial charge on any atom is -0.383 e. The number of rotatable bonds is 4. The van der Waals surface area contributed by atoms with Gasteiger partial charge in [-0.25, -0.2) is 18.7 Å². The molecule has 0 spiro atoms. The first kappa shape index (κ1) is 16.1. The molecule has 0 unspecified atom stereocenters. The van der Waals surface area contributed by atoms with Crippen LogP contribution >= 0.6 is 22.6 Å². The topological polar surface area (TPSA) is 51.8 Å². The molecule has 2 rings (SSSR count). The van der Waals surface area contributed by atoms with Crippen molar-refractivity contribution < 1.29 is 8.78 Å². The standard InChI is InChI=1S/C15H16F2IN3/c1-8(2)7-11-12(18)14(19)21-15(20-11)10-5-3-9(4-6-10)13(16)17/h3-6,8,13H,7H2,1-2H3,(H2,19,20,21). The molecule has 2 aromatic rings. The van der Waals surface area contributed by atoms with Crippen LogP contribution in [0.2, 0.25) is 0 Å². The molecule has 0 aliphatic rings. The van der Waals surface area contributed by atoms with E-state index in [9.17, 15) is 8.78 Å². The summed E-state index contributed by atoms with van der Waals surface area (Å²) in [6, 6.07) is 5.98. The predicted octanol–water partition coefficient (Wildman–Crippen LogP) is 4.47. The van der Waals surface area contributed by atoms with Gasteiger partial charge in [-0.1, -0.05) is 38.1 Å². The van der Waals surface area contributed by atoms with E-state index in [4.69, 9.17) is 5.73 Å². The number of hydrogen-bond donors (Lipinski definition) is 1. The van der Waals surface area contributed by atoms with Gasteiger partial charge in [0.15, 0.2) is 5.82 Å². The summed E-state index contributed by atoms with van der Waals surface area (Å²) in [5, 5.41) is 0. The molecule has 3 nitrogen and oxygen atoms in total. The average molecular weight is 403 g/mol. The number of anilines is 1. The summed E-state index contributed by atoms with van der Waals surface area (Å²) in [5.74, 6) is 1.35. The number of halogens is 3. The van der Waals surface area contributed by atoms with E-state index in [0.717, 1.165) is 15.7 Å². The lowest BCUT2D eigenvalue weighted by molar-refractivity contribution is 0.151. The van der Waals surface area contributed by atoms with Crippen LogP contribution in [0.15, 0.2) is 24.3 Å². The number of aromatic nitrogens is 2. The lowest BCUT2D eigenvalue weighted by Gasteiger charge is -2.11. The largest absolute Gasteiger partial charge is 0.383 e. The molecule has 1 aromatic heterocycles. The Morgan fingerprint density at radius 2 is 1.76 bits per heavy atom. The summed E-state index contributed by atoms with van der Waals surface area (Å²) in [4.78, 5) is 8.79. The van der Waals surface area contributed by atoms with Crippen molar-refractivity contribution in [2.45, 2.75) is 26.7 Å². The first-order valence-corrected chi connectivity index (χ1v) is 7.66. The number of nitrogen functional groups attached to an aromatic ring is 1. The average Bonchev–Trinajstić information content (AvgIpc) is 2.43. The van der Waals surface area contributed by atoms with Gasteiger partial charge < -0.3 is 5.73 Å². The molecule has 0 atom stereocenters. The summed E-state index contributed by atoms with van der Waals surface area (Å²) >= 11 is 2.14. The van der Waals surface area contributed by atoms with Crippen molar-refractivity contribution >= 4 is 28.4 Å². The Balaban J connectivity index is 2.41. The van der Waals surface area contributed by atoms with Crippen LogP contribution in [0.1, 0.15) is 31.5 Å². The SMILES string of the molecule is CC(C)Cc1nc(-c2ccc(C(F)F)cc2)nc(N)c1I. The van der Waals surface area contributed by atoms with Crippen molar-refractivity contribution in [3.05, 3.63) is 39.1 Å². The minimum atomic E-state index is -2.47. The Labute approximate surface area is 136 Å². The molecule has 0 fully saturated rings. The van der Waals surface area contributed by atoms with Crippen LogP contribution < -0.4 is 5.73 Å². The van der Waals surface area contributed by atoms with E-state index >= 15 is 0 Å². The van der Waals surface area contributed by atoms with Crippen molar-refractivity contribution in [1.82, 2.24) is 9.97 Å². The predicted molar refractivity (Wildman–Crippen MR) is 88.1 cm³/mol. The molecule has 0 radical (unpaired) electrons. The van der Waals surface area contributed by atoms with E-state index in [-0.39, 0.29) is 5.56 Å². The number of nitrogens with zero attached hydrogens (tertiary/aromatic N) is 2. The monoisotopic (exact) mass is 403 g/mol. The summed E-state index contributed by atoms with van der Waals surface area (Å²) in [7, 11) is 0. The third-order valence-corrected chi connectivity index (χ3v) is 4.14. The molecule has 0 saturated carbocycles. The molecule has 112 valence electrons. The molecule has 0 aliphatic heterocycles. The van der Waals surface area contributed by atoms with E-state index in [0.29, 0.717) is 23.1 Å². The van der Waals surface area contributed by atoms with Crippen molar-refractivity contribution in [3.8, 4) is 11.4 Å². The van der Waals surface area contributed by atoms with Crippen LogP contribution in [-0.4, -0.2) is 9.97 Å². The molecule has 2 N–H and O–H groups in total. The molecular weight excluding hydrogens is 387 g/mol. The molecule has 21 heavy (non-hydrogen) atoms. The van der Waals surface area contributed by atoms with Gasteiger partial charge in [0.25, 0.3) is 6.43 Å². The van der Waals surface area contributed by atoms with Crippen LogP contribution in [0.4, 0.5) is 14.6 Å². The highest BCUT2D eigenvalue weighted by Crippen LogP contribution is 2.26.